The van der Waals surface area contributed by atoms with Gasteiger partial charge in [-0.1, -0.05) is 6.92 Å². The molecule has 0 atom stereocenters. The summed E-state index contributed by atoms with van der Waals surface area (Å²) in [7, 11) is 1.67. The molecule has 23 heavy (non-hydrogen) atoms. The predicted molar refractivity (Wildman–Crippen MR) is 90.7 cm³/mol. The Labute approximate surface area is 134 Å². The molecule has 3 aromatic rings. The van der Waals surface area contributed by atoms with Crippen LogP contribution in [0.2, 0.25) is 0 Å². The van der Waals surface area contributed by atoms with Crippen LogP contribution in [0, 0.1) is 0 Å². The van der Waals surface area contributed by atoms with Crippen molar-refractivity contribution in [3.63, 3.8) is 0 Å². The van der Waals surface area contributed by atoms with Crippen molar-refractivity contribution in [2.75, 3.05) is 12.4 Å². The van der Waals surface area contributed by atoms with E-state index in [9.17, 15) is 4.79 Å². The van der Waals surface area contributed by atoms with Gasteiger partial charge >= 0.3 is 0 Å². The number of ether oxygens (including phenoxy) is 1. The van der Waals surface area contributed by atoms with Gasteiger partial charge in [-0.15, -0.1) is 0 Å². The van der Waals surface area contributed by atoms with E-state index < -0.39 is 0 Å². The zero-order valence-corrected chi connectivity index (χ0v) is 13.5. The Balaban J connectivity index is 2.04. The summed E-state index contributed by atoms with van der Waals surface area (Å²) >= 11 is 0. The maximum Gasteiger partial charge on any atom is 0.225 e. The number of nitrogens with zero attached hydrogens (tertiary/aromatic N) is 2. The zero-order chi connectivity index (χ0) is 16.4. The number of carbonyl (C=O) groups excluding carboxylic acids is 1. The number of H-pyrrole nitrogens is 1. The molecule has 0 fully saturated rings. The van der Waals surface area contributed by atoms with Crippen LogP contribution in [0.4, 0.5) is 5.82 Å². The lowest BCUT2D eigenvalue weighted by Crippen LogP contribution is -2.09. The third-order valence-electron chi connectivity index (χ3n) is 3.87. The van der Waals surface area contributed by atoms with Gasteiger partial charge in [-0.25, -0.2) is 0 Å². The summed E-state index contributed by atoms with van der Waals surface area (Å²) < 4.78 is 7.51. The number of anilines is 1. The number of aromatic nitrogens is 3. The minimum absolute atomic E-state index is 0.0520. The van der Waals surface area contributed by atoms with Crippen molar-refractivity contribution >= 4 is 22.6 Å². The SMILES string of the molecule is CCC(=O)Nc1cc(-c2cc3ccc(OC)cc3n2CC)[nH]n1. The minimum atomic E-state index is -0.0520. The highest BCUT2D eigenvalue weighted by molar-refractivity contribution is 5.91. The quantitative estimate of drug-likeness (QED) is 0.758. The van der Waals surface area contributed by atoms with Crippen LogP contribution in [-0.4, -0.2) is 27.8 Å². The van der Waals surface area contributed by atoms with E-state index in [0.29, 0.717) is 12.2 Å². The first kappa shape index (κ1) is 15.1. The molecule has 6 nitrogen and oxygen atoms in total. The number of nitrogens with one attached hydrogen (secondary N) is 2. The van der Waals surface area contributed by atoms with Gasteiger partial charge in [-0.05, 0) is 25.1 Å². The van der Waals surface area contributed by atoms with Crippen LogP contribution >= 0.6 is 0 Å². The van der Waals surface area contributed by atoms with Gasteiger partial charge in [0.15, 0.2) is 5.82 Å². The van der Waals surface area contributed by atoms with Crippen molar-refractivity contribution in [3.05, 3.63) is 30.3 Å². The Morgan fingerprint density at radius 2 is 2.13 bits per heavy atom. The number of rotatable bonds is 5. The van der Waals surface area contributed by atoms with Gasteiger partial charge in [0.25, 0.3) is 0 Å². The monoisotopic (exact) mass is 312 g/mol. The molecule has 0 unspecified atom stereocenters. The largest absolute Gasteiger partial charge is 0.497 e. The second kappa shape index (κ2) is 6.16. The third kappa shape index (κ3) is 2.79. The smallest absolute Gasteiger partial charge is 0.225 e. The average molecular weight is 312 g/mol. The molecule has 0 saturated carbocycles. The molecule has 2 aromatic heterocycles. The van der Waals surface area contributed by atoms with Gasteiger partial charge < -0.3 is 14.6 Å². The van der Waals surface area contributed by atoms with E-state index in [4.69, 9.17) is 4.74 Å². The molecule has 0 bridgehead atoms. The van der Waals surface area contributed by atoms with E-state index in [1.165, 1.54) is 0 Å². The lowest BCUT2D eigenvalue weighted by atomic mass is 10.2. The van der Waals surface area contributed by atoms with Gasteiger partial charge in [0.2, 0.25) is 5.91 Å². The zero-order valence-electron chi connectivity index (χ0n) is 13.5. The standard InChI is InChI=1S/C17H20N4O2/c1-4-17(22)18-16-10-13(19-20-16)15-8-11-6-7-12(23-3)9-14(11)21(15)5-2/h6-10H,4-5H2,1-3H3,(H2,18,19,20,22). The molecule has 0 aliphatic rings. The molecule has 0 aliphatic heterocycles. The Bertz CT molecular complexity index is 848. The molecule has 2 N–H and O–H groups in total. The number of amides is 1. The van der Waals surface area contributed by atoms with Crippen molar-refractivity contribution in [2.24, 2.45) is 0 Å². The van der Waals surface area contributed by atoms with Crippen LogP contribution in [0.1, 0.15) is 20.3 Å². The Morgan fingerprint density at radius 3 is 2.83 bits per heavy atom. The fraction of sp³-hybridized carbons (Fsp3) is 0.294. The highest BCUT2D eigenvalue weighted by Gasteiger charge is 2.13. The van der Waals surface area contributed by atoms with Crippen LogP contribution in [0.5, 0.6) is 5.75 Å². The molecule has 0 saturated heterocycles. The van der Waals surface area contributed by atoms with E-state index in [0.717, 1.165) is 34.6 Å². The van der Waals surface area contributed by atoms with Gasteiger partial charge in [-0.3, -0.25) is 9.89 Å². The number of hydrogen-bond donors (Lipinski definition) is 2. The Kier molecular flexibility index (Phi) is 4.06. The summed E-state index contributed by atoms with van der Waals surface area (Å²) in [6.45, 7) is 4.73. The molecule has 0 aliphatic carbocycles. The van der Waals surface area contributed by atoms with E-state index in [2.05, 4.69) is 33.1 Å². The maximum atomic E-state index is 11.5. The highest BCUT2D eigenvalue weighted by Crippen LogP contribution is 2.30. The van der Waals surface area contributed by atoms with E-state index in [1.807, 2.05) is 31.2 Å². The molecule has 1 amide bonds. The van der Waals surface area contributed by atoms with Gasteiger partial charge in [0.05, 0.1) is 24.0 Å². The number of carbonyl (C=O) groups is 1. The first-order valence-electron chi connectivity index (χ1n) is 7.69. The van der Waals surface area contributed by atoms with Crippen molar-refractivity contribution < 1.29 is 9.53 Å². The number of fused-ring (bicyclic) bond motifs is 1. The van der Waals surface area contributed by atoms with Crippen LogP contribution in [0.3, 0.4) is 0 Å². The first-order valence-corrected chi connectivity index (χ1v) is 7.69. The van der Waals surface area contributed by atoms with Crippen molar-refractivity contribution in [1.29, 1.82) is 0 Å². The normalized spacial score (nSPS) is 10.9. The third-order valence-corrected chi connectivity index (χ3v) is 3.87. The summed E-state index contributed by atoms with van der Waals surface area (Å²) in [5.74, 6) is 1.32. The summed E-state index contributed by atoms with van der Waals surface area (Å²) in [5.41, 5.74) is 3.00. The fourth-order valence-corrected chi connectivity index (χ4v) is 2.67. The number of methoxy groups -OCH3 is 1. The number of aromatic amines is 1. The second-order valence-electron chi connectivity index (χ2n) is 5.27. The van der Waals surface area contributed by atoms with Crippen molar-refractivity contribution in [2.45, 2.75) is 26.8 Å². The molecule has 6 heteroatoms. The second-order valence-corrected chi connectivity index (χ2v) is 5.27. The lowest BCUT2D eigenvalue weighted by molar-refractivity contribution is -0.115. The number of benzene rings is 1. The summed E-state index contributed by atoms with van der Waals surface area (Å²) in [4.78, 5) is 11.5. The van der Waals surface area contributed by atoms with E-state index in [-0.39, 0.29) is 5.91 Å². The topological polar surface area (TPSA) is 71.9 Å². The van der Waals surface area contributed by atoms with Crippen LogP contribution < -0.4 is 10.1 Å². The molecule has 3 rings (SSSR count). The Hall–Kier alpha value is -2.76. The number of hydrogen-bond acceptors (Lipinski definition) is 3. The average Bonchev–Trinajstić information content (AvgIpc) is 3.17. The molecule has 120 valence electrons. The van der Waals surface area contributed by atoms with E-state index in [1.54, 1.807) is 7.11 Å². The number of aryl methyl sites for hydroxylation is 1. The molecular weight excluding hydrogens is 292 g/mol. The Morgan fingerprint density at radius 1 is 1.30 bits per heavy atom. The summed E-state index contributed by atoms with van der Waals surface area (Å²) in [5, 5.41) is 11.1. The lowest BCUT2D eigenvalue weighted by Gasteiger charge is -2.07. The van der Waals surface area contributed by atoms with Crippen molar-refractivity contribution in [1.82, 2.24) is 14.8 Å². The summed E-state index contributed by atoms with van der Waals surface area (Å²) in [6.07, 6.45) is 0.428. The predicted octanol–water partition coefficient (Wildman–Crippen LogP) is 3.41. The maximum absolute atomic E-state index is 11.5. The van der Waals surface area contributed by atoms with Crippen molar-refractivity contribution in [3.8, 4) is 17.1 Å². The first-order chi connectivity index (χ1) is 11.2. The van der Waals surface area contributed by atoms with Gasteiger partial charge in [-0.2, -0.15) is 5.10 Å². The minimum Gasteiger partial charge on any atom is -0.497 e. The summed E-state index contributed by atoms with van der Waals surface area (Å²) in [6, 6.07) is 9.98. The van der Waals surface area contributed by atoms with Crippen LogP contribution in [0.15, 0.2) is 30.3 Å². The molecule has 1 aromatic carbocycles. The highest BCUT2D eigenvalue weighted by atomic mass is 16.5. The van der Waals surface area contributed by atoms with Gasteiger partial charge in [0, 0.05) is 30.5 Å². The molecule has 0 radical (unpaired) electrons. The molecule has 0 spiro atoms. The van der Waals surface area contributed by atoms with E-state index >= 15 is 0 Å². The molecular formula is C17H20N4O2. The van der Waals surface area contributed by atoms with Crippen LogP contribution in [0.25, 0.3) is 22.3 Å². The fourth-order valence-electron chi connectivity index (χ4n) is 2.67. The van der Waals surface area contributed by atoms with Crippen LogP contribution in [-0.2, 0) is 11.3 Å². The van der Waals surface area contributed by atoms with Gasteiger partial charge in [0.1, 0.15) is 5.75 Å². The molecule has 2 heterocycles.